The van der Waals surface area contributed by atoms with E-state index in [9.17, 15) is 20.1 Å². The molecule has 0 bridgehead atoms. The van der Waals surface area contributed by atoms with Gasteiger partial charge in [-0.25, -0.2) is 4.79 Å². The highest BCUT2D eigenvalue weighted by molar-refractivity contribution is 5.87. The largest absolute Gasteiger partial charge is 0.444 e. The third kappa shape index (κ3) is 4.65. The Bertz CT molecular complexity index is 895. The van der Waals surface area contributed by atoms with Gasteiger partial charge in [0.1, 0.15) is 23.8 Å². The molecule has 1 N–H and O–H groups in total. The summed E-state index contributed by atoms with van der Waals surface area (Å²) >= 11 is 0. The molecule has 2 saturated heterocycles. The average molecular weight is 409 g/mol. The molecule has 8 heteroatoms. The number of carbonyl (C=O) groups excluding carboxylic acids is 2. The van der Waals surface area contributed by atoms with E-state index < -0.39 is 23.8 Å². The van der Waals surface area contributed by atoms with Crippen molar-refractivity contribution in [3.8, 4) is 12.1 Å². The normalized spacial score (nSPS) is 23.6. The molecule has 0 unspecified atom stereocenters. The fraction of sp³-hybridized carbons (Fsp3) is 0.545. The highest BCUT2D eigenvalue weighted by atomic mass is 16.6. The van der Waals surface area contributed by atoms with Crippen molar-refractivity contribution < 1.29 is 14.3 Å². The number of nitrogens with one attached hydrogen (secondary N) is 1. The molecule has 30 heavy (non-hydrogen) atoms. The maximum atomic E-state index is 13.3. The van der Waals surface area contributed by atoms with Crippen molar-refractivity contribution in [2.24, 2.45) is 0 Å². The fourth-order valence-electron chi connectivity index (χ4n) is 3.98. The molecule has 8 nitrogen and oxygen atoms in total. The van der Waals surface area contributed by atoms with Crippen molar-refractivity contribution >= 4 is 17.7 Å². The van der Waals surface area contributed by atoms with Gasteiger partial charge in [-0.3, -0.25) is 9.69 Å². The van der Waals surface area contributed by atoms with Crippen LogP contribution in [0.2, 0.25) is 0 Å². The van der Waals surface area contributed by atoms with Crippen LogP contribution in [0.4, 0.5) is 10.5 Å². The summed E-state index contributed by atoms with van der Waals surface area (Å²) < 4.78 is 5.53. The zero-order chi connectivity index (χ0) is 21.9. The summed E-state index contributed by atoms with van der Waals surface area (Å²) in [5.41, 5.74) is 0.477. The lowest BCUT2D eigenvalue weighted by atomic mass is 10.1. The molecule has 1 aromatic carbocycles. The summed E-state index contributed by atoms with van der Waals surface area (Å²) in [6.45, 7) is 6.13. The number of nitriles is 2. The Balaban J connectivity index is 1.82. The quantitative estimate of drug-likeness (QED) is 0.822. The van der Waals surface area contributed by atoms with Gasteiger partial charge >= 0.3 is 6.09 Å². The molecule has 2 aliphatic rings. The van der Waals surface area contributed by atoms with E-state index in [-0.39, 0.29) is 18.5 Å². The molecule has 0 spiro atoms. The van der Waals surface area contributed by atoms with Crippen LogP contribution in [0.5, 0.6) is 0 Å². The number of hydrogen-bond acceptors (Lipinski definition) is 6. The number of para-hydroxylation sites is 1. The maximum absolute atomic E-state index is 13.3. The molecule has 3 rings (SSSR count). The van der Waals surface area contributed by atoms with E-state index in [0.717, 1.165) is 6.42 Å². The second-order valence-electron chi connectivity index (χ2n) is 8.70. The topological polar surface area (TPSA) is 109 Å². The first-order valence-electron chi connectivity index (χ1n) is 10.2. The van der Waals surface area contributed by atoms with Crippen molar-refractivity contribution in [3.05, 3.63) is 29.8 Å². The molecule has 2 fully saturated rings. The van der Waals surface area contributed by atoms with Gasteiger partial charge in [-0.05, 0) is 52.2 Å². The minimum absolute atomic E-state index is 0.218. The summed E-state index contributed by atoms with van der Waals surface area (Å²) in [7, 11) is 0. The molecule has 3 atom stereocenters. The van der Waals surface area contributed by atoms with E-state index in [1.807, 2.05) is 6.07 Å². The second kappa shape index (κ2) is 8.62. The minimum Gasteiger partial charge on any atom is -0.444 e. The zero-order valence-corrected chi connectivity index (χ0v) is 17.6. The third-order valence-corrected chi connectivity index (χ3v) is 5.31. The standard InChI is InChI=1S/C22H27N5O3/c1-22(2,3)30-21(29)27-14-16(25-18-9-5-4-7-15(18)12-23)11-19(27)20(28)26-10-6-8-17(26)13-24/h4-5,7,9,16-17,19,25H,6,8,10-11,14H2,1-3H3/t16-,17-,19-/m0/s1. The van der Waals surface area contributed by atoms with E-state index in [1.165, 1.54) is 4.90 Å². The maximum Gasteiger partial charge on any atom is 0.411 e. The molecule has 158 valence electrons. The van der Waals surface area contributed by atoms with Gasteiger partial charge in [0.25, 0.3) is 0 Å². The number of benzene rings is 1. The Morgan fingerprint density at radius 1 is 1.20 bits per heavy atom. The molecule has 0 saturated carbocycles. The number of carbonyl (C=O) groups is 2. The molecule has 2 heterocycles. The molecular formula is C22H27N5O3. The first kappa shape index (κ1) is 21.4. The van der Waals surface area contributed by atoms with Gasteiger partial charge in [-0.15, -0.1) is 0 Å². The molecule has 2 aliphatic heterocycles. The monoisotopic (exact) mass is 409 g/mol. The number of anilines is 1. The van der Waals surface area contributed by atoms with Gasteiger partial charge in [-0.1, -0.05) is 12.1 Å². The fourth-order valence-corrected chi connectivity index (χ4v) is 3.98. The predicted octanol–water partition coefficient (Wildman–Crippen LogP) is 2.86. The van der Waals surface area contributed by atoms with E-state index in [0.29, 0.717) is 30.6 Å². The summed E-state index contributed by atoms with van der Waals surface area (Å²) in [6, 6.07) is 10.1. The number of ether oxygens (including phenoxy) is 1. The average Bonchev–Trinajstić information content (AvgIpc) is 3.33. The molecule has 1 aromatic rings. The van der Waals surface area contributed by atoms with Gasteiger partial charge in [0.2, 0.25) is 5.91 Å². The van der Waals surface area contributed by atoms with Crippen LogP contribution in [0.25, 0.3) is 0 Å². The van der Waals surface area contributed by atoms with Crippen molar-refractivity contribution in [2.45, 2.75) is 63.8 Å². The Hall–Kier alpha value is -3.26. The van der Waals surface area contributed by atoms with Crippen LogP contribution >= 0.6 is 0 Å². The van der Waals surface area contributed by atoms with Crippen molar-refractivity contribution in [1.82, 2.24) is 9.80 Å². The van der Waals surface area contributed by atoms with Crippen LogP contribution in [0, 0.1) is 22.7 Å². The lowest BCUT2D eigenvalue weighted by Gasteiger charge is -2.30. The van der Waals surface area contributed by atoms with Crippen LogP contribution in [-0.2, 0) is 9.53 Å². The molecular weight excluding hydrogens is 382 g/mol. The highest BCUT2D eigenvalue weighted by Crippen LogP contribution is 2.28. The number of hydrogen-bond donors (Lipinski definition) is 1. The summed E-state index contributed by atoms with van der Waals surface area (Å²) in [6.07, 6.45) is 1.26. The van der Waals surface area contributed by atoms with Crippen molar-refractivity contribution in [1.29, 1.82) is 10.5 Å². The third-order valence-electron chi connectivity index (χ3n) is 5.31. The Morgan fingerprint density at radius 3 is 2.60 bits per heavy atom. The van der Waals surface area contributed by atoms with Gasteiger partial charge in [0.15, 0.2) is 0 Å². The smallest absolute Gasteiger partial charge is 0.411 e. The number of likely N-dealkylation sites (tertiary alicyclic amines) is 2. The zero-order valence-electron chi connectivity index (χ0n) is 17.6. The van der Waals surface area contributed by atoms with E-state index in [4.69, 9.17) is 4.74 Å². The molecule has 2 amide bonds. The van der Waals surface area contributed by atoms with Crippen LogP contribution in [-0.4, -0.2) is 58.6 Å². The molecule has 0 aliphatic carbocycles. The summed E-state index contributed by atoms with van der Waals surface area (Å²) in [4.78, 5) is 29.1. The van der Waals surface area contributed by atoms with Gasteiger partial charge in [0.05, 0.1) is 17.3 Å². The Morgan fingerprint density at radius 2 is 1.93 bits per heavy atom. The Kier molecular flexibility index (Phi) is 6.17. The van der Waals surface area contributed by atoms with Crippen molar-refractivity contribution in [2.75, 3.05) is 18.4 Å². The van der Waals surface area contributed by atoms with Crippen LogP contribution < -0.4 is 5.32 Å². The number of nitrogens with zero attached hydrogens (tertiary/aromatic N) is 4. The van der Waals surface area contributed by atoms with E-state index in [1.54, 1.807) is 43.9 Å². The number of amides is 2. The summed E-state index contributed by atoms with van der Waals surface area (Å²) in [5, 5.41) is 22.0. The van der Waals surface area contributed by atoms with Crippen LogP contribution in [0.15, 0.2) is 24.3 Å². The van der Waals surface area contributed by atoms with Crippen molar-refractivity contribution in [3.63, 3.8) is 0 Å². The lowest BCUT2D eigenvalue weighted by molar-refractivity contribution is -0.135. The van der Waals surface area contributed by atoms with Gasteiger partial charge < -0.3 is 15.0 Å². The first-order chi connectivity index (χ1) is 14.2. The summed E-state index contributed by atoms with van der Waals surface area (Å²) in [5.74, 6) is -0.220. The Labute approximate surface area is 177 Å². The van der Waals surface area contributed by atoms with E-state index in [2.05, 4.69) is 17.5 Å². The lowest BCUT2D eigenvalue weighted by Crippen LogP contribution is -2.50. The van der Waals surface area contributed by atoms with Gasteiger partial charge in [-0.2, -0.15) is 10.5 Å². The molecule has 0 aromatic heterocycles. The SMILES string of the molecule is CC(C)(C)OC(=O)N1C[C@@H](Nc2ccccc2C#N)C[C@H]1C(=O)N1CCC[C@H]1C#N. The first-order valence-corrected chi connectivity index (χ1v) is 10.2. The molecule has 0 radical (unpaired) electrons. The predicted molar refractivity (Wildman–Crippen MR) is 110 cm³/mol. The van der Waals surface area contributed by atoms with Crippen LogP contribution in [0.1, 0.15) is 45.6 Å². The van der Waals surface area contributed by atoms with E-state index >= 15 is 0 Å². The number of rotatable bonds is 3. The van der Waals surface area contributed by atoms with Gasteiger partial charge in [0, 0.05) is 19.1 Å². The second-order valence-corrected chi connectivity index (χ2v) is 8.70. The highest BCUT2D eigenvalue weighted by Gasteiger charge is 2.45. The van der Waals surface area contributed by atoms with Crippen LogP contribution in [0.3, 0.4) is 0 Å². The minimum atomic E-state index is -0.708.